The largest absolute Gasteiger partial charge is 0.340 e. The van der Waals surface area contributed by atoms with Gasteiger partial charge in [-0.3, -0.25) is 4.79 Å². The summed E-state index contributed by atoms with van der Waals surface area (Å²) >= 11 is 0. The molecule has 0 aromatic carbocycles. The van der Waals surface area contributed by atoms with Gasteiger partial charge in [-0.05, 0) is 64.5 Å². The molecule has 2 aliphatic rings. The van der Waals surface area contributed by atoms with Crippen molar-refractivity contribution < 1.29 is 4.79 Å². The third-order valence-corrected chi connectivity index (χ3v) is 4.35. The Morgan fingerprint density at radius 1 is 1.24 bits per heavy atom. The second-order valence-electron chi connectivity index (χ2n) is 5.66. The molecule has 0 radical (unpaired) electrons. The van der Waals surface area contributed by atoms with Crippen LogP contribution >= 0.6 is 0 Å². The second kappa shape index (κ2) is 6.39. The molecule has 1 atom stereocenters. The van der Waals surface area contributed by atoms with E-state index < -0.39 is 0 Å². The summed E-state index contributed by atoms with van der Waals surface area (Å²) in [4.78, 5) is 14.3. The van der Waals surface area contributed by atoms with Gasteiger partial charge in [-0.1, -0.05) is 0 Å². The molecule has 2 fully saturated rings. The minimum Gasteiger partial charge on any atom is -0.340 e. The fourth-order valence-electron chi connectivity index (χ4n) is 3.11. The first kappa shape index (κ1) is 12.9. The van der Waals surface area contributed by atoms with Crippen LogP contribution in [-0.4, -0.2) is 36.5 Å². The fraction of sp³-hybridized carbons (Fsp3) is 0.929. The van der Waals surface area contributed by atoms with Crippen molar-refractivity contribution in [2.75, 3.05) is 19.6 Å². The van der Waals surface area contributed by atoms with Gasteiger partial charge in [-0.25, -0.2) is 0 Å². The summed E-state index contributed by atoms with van der Waals surface area (Å²) < 4.78 is 0. The molecular formula is C14H26N2O. The first-order chi connectivity index (χ1) is 8.27. The molecule has 0 saturated carbocycles. The molecule has 2 rings (SSSR count). The predicted molar refractivity (Wildman–Crippen MR) is 69.9 cm³/mol. The lowest BCUT2D eigenvalue weighted by molar-refractivity contribution is -0.134. The molecule has 0 aromatic heterocycles. The predicted octanol–water partition coefficient (Wildman–Crippen LogP) is 2.17. The molecule has 1 N–H and O–H groups in total. The number of rotatable bonds is 3. The zero-order valence-electron chi connectivity index (χ0n) is 11.1. The van der Waals surface area contributed by atoms with Gasteiger partial charge in [-0.15, -0.1) is 0 Å². The molecule has 3 nitrogen and oxygen atoms in total. The molecule has 2 saturated heterocycles. The number of amides is 1. The van der Waals surface area contributed by atoms with Crippen molar-refractivity contribution in [3.05, 3.63) is 0 Å². The molecule has 2 heterocycles. The number of carbonyl (C=O) groups excluding carboxylic acids is 1. The summed E-state index contributed by atoms with van der Waals surface area (Å²) in [7, 11) is 0. The van der Waals surface area contributed by atoms with E-state index in [9.17, 15) is 4.79 Å². The molecule has 3 heteroatoms. The van der Waals surface area contributed by atoms with Crippen LogP contribution in [0.4, 0.5) is 0 Å². The molecule has 0 aliphatic carbocycles. The van der Waals surface area contributed by atoms with Crippen LogP contribution < -0.4 is 5.32 Å². The van der Waals surface area contributed by atoms with Crippen LogP contribution in [0.2, 0.25) is 0 Å². The van der Waals surface area contributed by atoms with E-state index in [-0.39, 0.29) is 0 Å². The van der Waals surface area contributed by atoms with Gasteiger partial charge in [0.2, 0.25) is 5.91 Å². The Kier molecular flexibility index (Phi) is 4.84. The van der Waals surface area contributed by atoms with Crippen molar-refractivity contribution in [3.63, 3.8) is 0 Å². The van der Waals surface area contributed by atoms with E-state index in [1.165, 1.54) is 32.1 Å². The van der Waals surface area contributed by atoms with Crippen LogP contribution in [0.25, 0.3) is 0 Å². The molecular weight excluding hydrogens is 212 g/mol. The molecule has 98 valence electrons. The van der Waals surface area contributed by atoms with Crippen molar-refractivity contribution in [1.82, 2.24) is 10.2 Å². The Morgan fingerprint density at radius 2 is 2.00 bits per heavy atom. The maximum atomic E-state index is 12.2. The normalized spacial score (nSPS) is 27.1. The third kappa shape index (κ3) is 3.70. The zero-order valence-corrected chi connectivity index (χ0v) is 11.1. The van der Waals surface area contributed by atoms with Gasteiger partial charge in [0.1, 0.15) is 0 Å². The molecule has 1 amide bonds. The van der Waals surface area contributed by atoms with Crippen molar-refractivity contribution >= 4 is 5.91 Å². The molecule has 1 unspecified atom stereocenters. The summed E-state index contributed by atoms with van der Waals surface area (Å²) in [6, 6.07) is 0.476. The Bertz CT molecular complexity index is 249. The highest BCUT2D eigenvalue weighted by Gasteiger charge is 2.23. The highest BCUT2D eigenvalue weighted by Crippen LogP contribution is 2.21. The van der Waals surface area contributed by atoms with Crippen LogP contribution in [0.3, 0.4) is 0 Å². The standard InChI is InChI=1S/C14H26N2O/c1-12-4-2-3-11-16(12)14(17)6-5-13-7-9-15-10-8-13/h12-13,15H,2-11H2,1H3. The van der Waals surface area contributed by atoms with Crippen molar-refractivity contribution in [3.8, 4) is 0 Å². The van der Waals surface area contributed by atoms with E-state index in [1.807, 2.05) is 0 Å². The topological polar surface area (TPSA) is 32.3 Å². The van der Waals surface area contributed by atoms with Gasteiger partial charge >= 0.3 is 0 Å². The highest BCUT2D eigenvalue weighted by atomic mass is 16.2. The van der Waals surface area contributed by atoms with Gasteiger partial charge in [0.25, 0.3) is 0 Å². The van der Waals surface area contributed by atoms with E-state index in [0.717, 1.165) is 38.4 Å². The lowest BCUT2D eigenvalue weighted by Gasteiger charge is -2.34. The van der Waals surface area contributed by atoms with E-state index in [2.05, 4.69) is 17.1 Å². The fourth-order valence-corrected chi connectivity index (χ4v) is 3.11. The lowest BCUT2D eigenvalue weighted by Crippen LogP contribution is -2.42. The number of likely N-dealkylation sites (tertiary alicyclic amines) is 1. The Morgan fingerprint density at radius 3 is 2.71 bits per heavy atom. The summed E-state index contributed by atoms with van der Waals surface area (Å²) in [5, 5.41) is 3.38. The number of nitrogens with one attached hydrogen (secondary N) is 1. The van der Waals surface area contributed by atoms with E-state index >= 15 is 0 Å². The quantitative estimate of drug-likeness (QED) is 0.817. The summed E-state index contributed by atoms with van der Waals surface area (Å²) in [5.74, 6) is 1.18. The Hall–Kier alpha value is -0.570. The van der Waals surface area contributed by atoms with Crippen molar-refractivity contribution in [1.29, 1.82) is 0 Å². The molecule has 0 bridgehead atoms. The second-order valence-corrected chi connectivity index (χ2v) is 5.66. The van der Waals surface area contributed by atoms with Gasteiger partial charge in [0.05, 0.1) is 0 Å². The number of piperidine rings is 2. The monoisotopic (exact) mass is 238 g/mol. The molecule has 0 aromatic rings. The van der Waals surface area contributed by atoms with Crippen LogP contribution in [0.15, 0.2) is 0 Å². The SMILES string of the molecule is CC1CCCCN1C(=O)CCC1CCNCC1. The van der Waals surface area contributed by atoms with Gasteiger partial charge in [0.15, 0.2) is 0 Å². The summed E-state index contributed by atoms with van der Waals surface area (Å²) in [6.07, 6.45) is 8.06. The Balaban J connectivity index is 1.72. The Labute approximate surface area is 105 Å². The lowest BCUT2D eigenvalue weighted by atomic mass is 9.92. The highest BCUT2D eigenvalue weighted by molar-refractivity contribution is 5.76. The first-order valence-corrected chi connectivity index (χ1v) is 7.27. The van der Waals surface area contributed by atoms with Crippen LogP contribution in [0.5, 0.6) is 0 Å². The number of hydrogen-bond acceptors (Lipinski definition) is 2. The zero-order chi connectivity index (χ0) is 12.1. The van der Waals surface area contributed by atoms with Crippen molar-refractivity contribution in [2.24, 2.45) is 5.92 Å². The maximum absolute atomic E-state index is 12.2. The molecule has 17 heavy (non-hydrogen) atoms. The van der Waals surface area contributed by atoms with E-state index in [0.29, 0.717) is 11.9 Å². The molecule has 0 spiro atoms. The van der Waals surface area contributed by atoms with Crippen LogP contribution in [-0.2, 0) is 4.79 Å². The van der Waals surface area contributed by atoms with Crippen LogP contribution in [0, 0.1) is 5.92 Å². The minimum atomic E-state index is 0.399. The molecule has 2 aliphatic heterocycles. The van der Waals surface area contributed by atoms with Gasteiger partial charge < -0.3 is 10.2 Å². The smallest absolute Gasteiger partial charge is 0.222 e. The third-order valence-electron chi connectivity index (χ3n) is 4.35. The van der Waals surface area contributed by atoms with Crippen molar-refractivity contribution in [2.45, 2.75) is 57.9 Å². The minimum absolute atomic E-state index is 0.399. The van der Waals surface area contributed by atoms with Crippen LogP contribution in [0.1, 0.15) is 51.9 Å². The van der Waals surface area contributed by atoms with E-state index in [1.54, 1.807) is 0 Å². The number of hydrogen-bond donors (Lipinski definition) is 1. The summed E-state index contributed by atoms with van der Waals surface area (Å²) in [6.45, 7) is 5.46. The summed E-state index contributed by atoms with van der Waals surface area (Å²) in [5.41, 5.74) is 0. The number of carbonyl (C=O) groups is 1. The first-order valence-electron chi connectivity index (χ1n) is 7.27. The van der Waals surface area contributed by atoms with Gasteiger partial charge in [0, 0.05) is 19.0 Å². The average Bonchev–Trinajstić information content (AvgIpc) is 2.38. The maximum Gasteiger partial charge on any atom is 0.222 e. The van der Waals surface area contributed by atoms with Gasteiger partial charge in [-0.2, -0.15) is 0 Å². The number of nitrogens with zero attached hydrogens (tertiary/aromatic N) is 1. The average molecular weight is 238 g/mol. The van der Waals surface area contributed by atoms with E-state index in [4.69, 9.17) is 0 Å².